The molecule has 188 valence electrons. The van der Waals surface area contributed by atoms with Gasteiger partial charge >= 0.3 is 5.97 Å². The molecule has 7 heteroatoms. The highest BCUT2D eigenvalue weighted by molar-refractivity contribution is 5.78. The van der Waals surface area contributed by atoms with Crippen LogP contribution < -0.4 is 21.5 Å². The van der Waals surface area contributed by atoms with E-state index < -0.39 is 12.0 Å². The van der Waals surface area contributed by atoms with Gasteiger partial charge in [0.2, 0.25) is 0 Å². The summed E-state index contributed by atoms with van der Waals surface area (Å²) >= 11 is 0. The second-order valence-electron chi connectivity index (χ2n) is 9.26. The van der Waals surface area contributed by atoms with Crippen molar-refractivity contribution < 1.29 is 9.53 Å². The average Bonchev–Trinajstić information content (AvgIpc) is 2.90. The number of aromatic nitrogens is 1. The van der Waals surface area contributed by atoms with E-state index in [1.54, 1.807) is 6.20 Å². The molecular weight excluding hydrogens is 450 g/mol. The Morgan fingerprint density at radius 3 is 2.61 bits per heavy atom. The van der Waals surface area contributed by atoms with Crippen molar-refractivity contribution in [2.75, 3.05) is 19.6 Å². The highest BCUT2D eigenvalue weighted by atomic mass is 16.5. The number of benzene rings is 2. The van der Waals surface area contributed by atoms with E-state index in [2.05, 4.69) is 21.3 Å². The maximum absolute atomic E-state index is 12.5. The average molecular weight is 486 g/mol. The predicted molar refractivity (Wildman–Crippen MR) is 142 cm³/mol. The SMILES string of the molecule is N/C(=C\NCc1ccccn1)CN1CCC(c2cccc(OC(=O)C(N)Cc3ccccc3)c2)CC1. The Bertz CT molecular complexity index is 1130. The fourth-order valence-corrected chi connectivity index (χ4v) is 4.49. The summed E-state index contributed by atoms with van der Waals surface area (Å²) in [5, 5.41) is 3.24. The van der Waals surface area contributed by atoms with E-state index in [-0.39, 0.29) is 0 Å². The lowest BCUT2D eigenvalue weighted by Gasteiger charge is -2.32. The minimum atomic E-state index is -0.698. The van der Waals surface area contributed by atoms with E-state index in [4.69, 9.17) is 16.2 Å². The number of hydrogen-bond donors (Lipinski definition) is 3. The number of hydrogen-bond acceptors (Lipinski definition) is 7. The van der Waals surface area contributed by atoms with E-state index in [9.17, 15) is 4.79 Å². The largest absolute Gasteiger partial charge is 0.425 e. The van der Waals surface area contributed by atoms with Crippen molar-refractivity contribution in [3.63, 3.8) is 0 Å². The van der Waals surface area contributed by atoms with E-state index in [0.717, 1.165) is 49.4 Å². The van der Waals surface area contributed by atoms with Crippen LogP contribution in [0.25, 0.3) is 0 Å². The summed E-state index contributed by atoms with van der Waals surface area (Å²) in [6.07, 6.45) is 6.17. The first-order valence-electron chi connectivity index (χ1n) is 12.5. The van der Waals surface area contributed by atoms with Crippen LogP contribution in [-0.4, -0.2) is 41.5 Å². The van der Waals surface area contributed by atoms with E-state index in [1.165, 1.54) is 5.56 Å². The number of nitrogens with two attached hydrogens (primary N) is 2. The number of nitrogens with zero attached hydrogens (tertiary/aromatic N) is 2. The standard InChI is InChI=1S/C29H35N5O2/c30-25(19-32-20-26-10-4-5-14-33-26)21-34-15-12-23(13-16-34)24-9-6-11-27(18-24)36-29(35)28(31)17-22-7-2-1-3-8-22/h1-11,14,18-19,23,28,32H,12-13,15-17,20-21,30-31H2/b25-19-. The summed E-state index contributed by atoms with van der Waals surface area (Å²) in [6.45, 7) is 3.32. The van der Waals surface area contributed by atoms with Crippen LogP contribution in [0.5, 0.6) is 5.75 Å². The maximum atomic E-state index is 12.5. The molecule has 0 saturated carbocycles. The smallest absolute Gasteiger partial charge is 0.328 e. The lowest BCUT2D eigenvalue weighted by atomic mass is 9.89. The molecule has 2 aromatic carbocycles. The number of carbonyl (C=O) groups is 1. The zero-order valence-electron chi connectivity index (χ0n) is 20.6. The summed E-state index contributed by atoms with van der Waals surface area (Å²) in [5.74, 6) is 0.560. The molecule has 4 rings (SSSR count). The molecule has 36 heavy (non-hydrogen) atoms. The Hall–Kier alpha value is -3.68. The number of ether oxygens (including phenoxy) is 1. The number of rotatable bonds is 10. The van der Waals surface area contributed by atoms with Crippen molar-refractivity contribution >= 4 is 5.97 Å². The van der Waals surface area contributed by atoms with Crippen LogP contribution in [0.1, 0.15) is 35.6 Å². The second kappa shape index (κ2) is 12.9. The van der Waals surface area contributed by atoms with Crippen molar-refractivity contribution in [1.29, 1.82) is 0 Å². The fourth-order valence-electron chi connectivity index (χ4n) is 4.49. The summed E-state index contributed by atoms with van der Waals surface area (Å²) in [4.78, 5) is 19.2. The summed E-state index contributed by atoms with van der Waals surface area (Å²) in [5.41, 5.74) is 16.3. The summed E-state index contributed by atoms with van der Waals surface area (Å²) < 4.78 is 5.61. The Kier molecular flexibility index (Phi) is 9.08. The van der Waals surface area contributed by atoms with Gasteiger partial charge in [-0.25, -0.2) is 4.79 Å². The number of carbonyl (C=O) groups excluding carboxylic acids is 1. The van der Waals surface area contributed by atoms with Crippen molar-refractivity contribution in [3.8, 4) is 5.75 Å². The molecule has 1 atom stereocenters. The highest BCUT2D eigenvalue weighted by Gasteiger charge is 2.22. The number of piperidine rings is 1. The molecule has 0 bridgehead atoms. The molecule has 3 aromatic rings. The third-order valence-corrected chi connectivity index (χ3v) is 6.44. The molecule has 2 heterocycles. The zero-order chi connectivity index (χ0) is 25.2. The fraction of sp³-hybridized carbons (Fsp3) is 0.310. The molecule has 1 fully saturated rings. The Morgan fingerprint density at radius 1 is 1.08 bits per heavy atom. The Morgan fingerprint density at radius 2 is 1.86 bits per heavy atom. The molecule has 0 amide bonds. The highest BCUT2D eigenvalue weighted by Crippen LogP contribution is 2.30. The van der Waals surface area contributed by atoms with Gasteiger partial charge in [-0.05, 0) is 73.7 Å². The first kappa shape index (κ1) is 25.4. The van der Waals surface area contributed by atoms with Gasteiger partial charge in [-0.2, -0.15) is 0 Å². The molecular formula is C29H35N5O2. The van der Waals surface area contributed by atoms with Gasteiger partial charge in [0.05, 0.1) is 12.2 Å². The minimum absolute atomic E-state index is 0.412. The van der Waals surface area contributed by atoms with Gasteiger partial charge in [-0.3, -0.25) is 9.88 Å². The predicted octanol–water partition coefficient (Wildman–Crippen LogP) is 3.33. The molecule has 0 aliphatic carbocycles. The third kappa shape index (κ3) is 7.66. The lowest BCUT2D eigenvalue weighted by Crippen LogP contribution is -2.36. The summed E-state index contributed by atoms with van der Waals surface area (Å²) in [7, 11) is 0. The topological polar surface area (TPSA) is 106 Å². The number of likely N-dealkylation sites (tertiary alicyclic amines) is 1. The normalized spacial score (nSPS) is 15.9. The maximum Gasteiger partial charge on any atom is 0.328 e. The van der Waals surface area contributed by atoms with Gasteiger partial charge < -0.3 is 21.5 Å². The number of esters is 1. The molecule has 1 aromatic heterocycles. The van der Waals surface area contributed by atoms with Crippen LogP contribution in [0.3, 0.4) is 0 Å². The Labute approximate surface area is 213 Å². The third-order valence-electron chi connectivity index (χ3n) is 6.44. The molecule has 1 unspecified atom stereocenters. The lowest BCUT2D eigenvalue weighted by molar-refractivity contribution is -0.135. The van der Waals surface area contributed by atoms with Gasteiger partial charge in [-0.1, -0.05) is 48.5 Å². The molecule has 1 aliphatic heterocycles. The molecule has 0 radical (unpaired) electrons. The minimum Gasteiger partial charge on any atom is -0.425 e. The quantitative estimate of drug-likeness (QED) is 0.299. The molecule has 1 saturated heterocycles. The molecule has 0 spiro atoms. The molecule has 7 nitrogen and oxygen atoms in total. The van der Waals surface area contributed by atoms with Crippen LogP contribution in [0.2, 0.25) is 0 Å². The molecule has 5 N–H and O–H groups in total. The van der Waals surface area contributed by atoms with E-state index >= 15 is 0 Å². The van der Waals surface area contributed by atoms with Gasteiger partial charge in [0.15, 0.2) is 0 Å². The Balaban J connectivity index is 1.23. The zero-order valence-corrected chi connectivity index (χ0v) is 20.6. The van der Waals surface area contributed by atoms with E-state index in [0.29, 0.717) is 24.6 Å². The van der Waals surface area contributed by atoms with Crippen molar-refractivity contribution in [2.45, 2.75) is 37.8 Å². The summed E-state index contributed by atoms with van der Waals surface area (Å²) in [6, 6.07) is 22.7. The van der Waals surface area contributed by atoms with Crippen LogP contribution in [0.15, 0.2) is 90.9 Å². The number of nitrogens with one attached hydrogen (secondary N) is 1. The van der Waals surface area contributed by atoms with Gasteiger partial charge in [0.1, 0.15) is 11.8 Å². The van der Waals surface area contributed by atoms with E-state index in [1.807, 2.05) is 72.9 Å². The first-order chi connectivity index (χ1) is 17.6. The second-order valence-corrected chi connectivity index (χ2v) is 9.26. The van der Waals surface area contributed by atoms with Crippen molar-refractivity contribution in [1.82, 2.24) is 15.2 Å². The van der Waals surface area contributed by atoms with Gasteiger partial charge in [0.25, 0.3) is 0 Å². The molecule has 1 aliphatic rings. The van der Waals surface area contributed by atoms with Crippen LogP contribution in [0.4, 0.5) is 0 Å². The number of pyridine rings is 1. The van der Waals surface area contributed by atoms with Gasteiger partial charge in [-0.15, -0.1) is 0 Å². The van der Waals surface area contributed by atoms with Crippen molar-refractivity contribution in [2.24, 2.45) is 11.5 Å². The van der Waals surface area contributed by atoms with Crippen LogP contribution in [0, 0.1) is 0 Å². The monoisotopic (exact) mass is 485 g/mol. The first-order valence-corrected chi connectivity index (χ1v) is 12.5. The van der Waals surface area contributed by atoms with Gasteiger partial charge in [0, 0.05) is 24.6 Å². The van der Waals surface area contributed by atoms with Crippen molar-refractivity contribution in [3.05, 3.63) is 108 Å². The van der Waals surface area contributed by atoms with Crippen LogP contribution in [-0.2, 0) is 17.8 Å². The van der Waals surface area contributed by atoms with Crippen LogP contribution >= 0.6 is 0 Å².